The van der Waals surface area contributed by atoms with Crippen molar-refractivity contribution in [3.05, 3.63) is 10.7 Å². The van der Waals surface area contributed by atoms with E-state index in [0.29, 0.717) is 29.5 Å². The molecule has 1 aliphatic heterocycles. The molecule has 1 aromatic heterocycles. The molecule has 1 saturated heterocycles. The molecule has 1 aromatic rings. The standard InChI is InChI=1S/C12H18ClN5O/c1-3-18-6-8(4-9(18)19)5-15-11-10(13)7(2)16-12(14)17-11/h8H,3-6H2,1-2H3,(H3,14,15,16,17). The molecule has 3 N–H and O–H groups in total. The lowest BCUT2D eigenvalue weighted by Crippen LogP contribution is -2.25. The van der Waals surface area contributed by atoms with Gasteiger partial charge in [0.25, 0.3) is 0 Å². The number of nitrogens with one attached hydrogen (secondary N) is 1. The number of aryl methyl sites for hydroxylation is 1. The normalized spacial score (nSPS) is 19.0. The summed E-state index contributed by atoms with van der Waals surface area (Å²) >= 11 is 6.11. The Bertz CT molecular complexity index is 493. The summed E-state index contributed by atoms with van der Waals surface area (Å²) in [4.78, 5) is 21.5. The van der Waals surface area contributed by atoms with Crippen LogP contribution in [0.1, 0.15) is 19.0 Å². The van der Waals surface area contributed by atoms with E-state index in [1.165, 1.54) is 0 Å². The molecule has 2 rings (SSSR count). The summed E-state index contributed by atoms with van der Waals surface area (Å²) in [5.74, 6) is 1.22. The van der Waals surface area contributed by atoms with Gasteiger partial charge in [0.1, 0.15) is 5.02 Å². The van der Waals surface area contributed by atoms with Crippen molar-refractivity contribution in [1.29, 1.82) is 0 Å². The van der Waals surface area contributed by atoms with Crippen molar-refractivity contribution in [2.75, 3.05) is 30.7 Å². The molecule has 0 saturated carbocycles. The first kappa shape index (κ1) is 13.9. The SMILES string of the molecule is CCN1CC(CNc2nc(N)nc(C)c2Cl)CC1=O. The Labute approximate surface area is 117 Å². The highest BCUT2D eigenvalue weighted by atomic mass is 35.5. The maximum absolute atomic E-state index is 11.6. The van der Waals surface area contributed by atoms with Gasteiger partial charge in [0.05, 0.1) is 5.69 Å². The van der Waals surface area contributed by atoms with Crippen LogP contribution < -0.4 is 11.1 Å². The molecule has 6 nitrogen and oxygen atoms in total. The number of anilines is 2. The summed E-state index contributed by atoms with van der Waals surface area (Å²) < 4.78 is 0. The third-order valence-corrected chi connectivity index (χ3v) is 3.72. The zero-order valence-corrected chi connectivity index (χ0v) is 11.9. The van der Waals surface area contributed by atoms with Crippen LogP contribution in [0.5, 0.6) is 0 Å². The van der Waals surface area contributed by atoms with E-state index in [-0.39, 0.29) is 17.8 Å². The molecule has 0 aliphatic carbocycles. The number of aromatic nitrogens is 2. The Balaban J connectivity index is 1.98. The first-order chi connectivity index (χ1) is 9.01. The van der Waals surface area contributed by atoms with Crippen LogP contribution >= 0.6 is 11.6 Å². The lowest BCUT2D eigenvalue weighted by Gasteiger charge is -2.15. The second kappa shape index (κ2) is 5.61. The van der Waals surface area contributed by atoms with Gasteiger partial charge in [-0.2, -0.15) is 4.98 Å². The number of rotatable bonds is 4. The van der Waals surface area contributed by atoms with Crippen LogP contribution in [-0.4, -0.2) is 40.4 Å². The second-order valence-electron chi connectivity index (χ2n) is 4.71. The van der Waals surface area contributed by atoms with Crippen molar-refractivity contribution >= 4 is 29.3 Å². The third kappa shape index (κ3) is 3.07. The minimum atomic E-state index is 0.196. The minimum Gasteiger partial charge on any atom is -0.368 e. The second-order valence-corrected chi connectivity index (χ2v) is 5.09. The van der Waals surface area contributed by atoms with Gasteiger partial charge < -0.3 is 16.0 Å². The third-order valence-electron chi connectivity index (χ3n) is 3.27. The number of nitrogen functional groups attached to an aromatic ring is 1. The zero-order chi connectivity index (χ0) is 14.0. The van der Waals surface area contributed by atoms with Crippen LogP contribution in [0.15, 0.2) is 0 Å². The quantitative estimate of drug-likeness (QED) is 0.870. The van der Waals surface area contributed by atoms with E-state index in [2.05, 4.69) is 15.3 Å². The number of amides is 1. The number of halogens is 1. The van der Waals surface area contributed by atoms with Crippen molar-refractivity contribution in [2.24, 2.45) is 5.92 Å². The molecule has 0 aromatic carbocycles. The van der Waals surface area contributed by atoms with Gasteiger partial charge in [0.15, 0.2) is 5.82 Å². The van der Waals surface area contributed by atoms with Crippen LogP contribution in [0, 0.1) is 12.8 Å². The summed E-state index contributed by atoms with van der Waals surface area (Å²) in [6.07, 6.45) is 0.567. The number of nitrogens with zero attached hydrogens (tertiary/aromatic N) is 3. The highest BCUT2D eigenvalue weighted by molar-refractivity contribution is 6.33. The number of carbonyl (C=O) groups excluding carboxylic acids is 1. The van der Waals surface area contributed by atoms with Gasteiger partial charge in [-0.15, -0.1) is 0 Å². The fraction of sp³-hybridized carbons (Fsp3) is 0.583. The molecule has 1 amide bonds. The number of carbonyl (C=O) groups is 1. The van der Waals surface area contributed by atoms with E-state index in [4.69, 9.17) is 17.3 Å². The van der Waals surface area contributed by atoms with Crippen molar-refractivity contribution in [3.8, 4) is 0 Å². The highest BCUT2D eigenvalue weighted by Crippen LogP contribution is 2.24. The molecule has 0 spiro atoms. The smallest absolute Gasteiger partial charge is 0.222 e. The number of likely N-dealkylation sites (tertiary alicyclic amines) is 1. The van der Waals surface area contributed by atoms with Gasteiger partial charge in [-0.1, -0.05) is 11.6 Å². The van der Waals surface area contributed by atoms with Gasteiger partial charge in [0.2, 0.25) is 11.9 Å². The van der Waals surface area contributed by atoms with Crippen LogP contribution in [0.4, 0.5) is 11.8 Å². The van der Waals surface area contributed by atoms with E-state index < -0.39 is 0 Å². The van der Waals surface area contributed by atoms with Gasteiger partial charge in [-0.05, 0) is 13.8 Å². The van der Waals surface area contributed by atoms with Gasteiger partial charge in [0, 0.05) is 32.0 Å². The molecule has 2 heterocycles. The monoisotopic (exact) mass is 283 g/mol. The van der Waals surface area contributed by atoms with Crippen molar-refractivity contribution in [1.82, 2.24) is 14.9 Å². The topological polar surface area (TPSA) is 84.1 Å². The van der Waals surface area contributed by atoms with Crippen LogP contribution in [0.3, 0.4) is 0 Å². The average Bonchev–Trinajstić information content (AvgIpc) is 2.72. The van der Waals surface area contributed by atoms with Crippen molar-refractivity contribution in [2.45, 2.75) is 20.3 Å². The van der Waals surface area contributed by atoms with E-state index >= 15 is 0 Å². The lowest BCUT2D eigenvalue weighted by atomic mass is 10.1. The summed E-state index contributed by atoms with van der Waals surface area (Å²) in [5, 5.41) is 3.64. The maximum Gasteiger partial charge on any atom is 0.222 e. The lowest BCUT2D eigenvalue weighted by molar-refractivity contribution is -0.127. The Hall–Kier alpha value is -1.56. The Morgan fingerprint density at radius 1 is 1.53 bits per heavy atom. The fourth-order valence-corrected chi connectivity index (χ4v) is 2.39. The van der Waals surface area contributed by atoms with Crippen molar-refractivity contribution < 1.29 is 4.79 Å². The van der Waals surface area contributed by atoms with Gasteiger partial charge in [-0.3, -0.25) is 4.79 Å². The largest absolute Gasteiger partial charge is 0.368 e. The minimum absolute atomic E-state index is 0.196. The van der Waals surface area contributed by atoms with Gasteiger partial charge in [-0.25, -0.2) is 4.98 Å². The Morgan fingerprint density at radius 2 is 2.26 bits per heavy atom. The molecule has 104 valence electrons. The summed E-state index contributed by atoms with van der Waals surface area (Å²) in [5.41, 5.74) is 6.24. The summed E-state index contributed by atoms with van der Waals surface area (Å²) in [7, 11) is 0. The molecule has 1 atom stereocenters. The Morgan fingerprint density at radius 3 is 2.89 bits per heavy atom. The fourth-order valence-electron chi connectivity index (χ4n) is 2.24. The highest BCUT2D eigenvalue weighted by Gasteiger charge is 2.28. The van der Waals surface area contributed by atoms with E-state index in [9.17, 15) is 4.79 Å². The van der Waals surface area contributed by atoms with Crippen LogP contribution in [0.2, 0.25) is 5.02 Å². The van der Waals surface area contributed by atoms with E-state index in [1.807, 2.05) is 11.8 Å². The molecule has 1 fully saturated rings. The Kier molecular flexibility index (Phi) is 4.09. The first-order valence-corrected chi connectivity index (χ1v) is 6.70. The molecule has 1 aliphatic rings. The molecule has 7 heteroatoms. The van der Waals surface area contributed by atoms with Crippen LogP contribution in [-0.2, 0) is 4.79 Å². The summed E-state index contributed by atoms with van der Waals surface area (Å²) in [6.45, 7) is 5.95. The van der Waals surface area contributed by atoms with Gasteiger partial charge >= 0.3 is 0 Å². The molecular weight excluding hydrogens is 266 g/mol. The first-order valence-electron chi connectivity index (χ1n) is 6.32. The zero-order valence-electron chi connectivity index (χ0n) is 11.1. The number of nitrogens with two attached hydrogens (primary N) is 1. The van der Waals surface area contributed by atoms with E-state index in [1.54, 1.807) is 6.92 Å². The summed E-state index contributed by atoms with van der Waals surface area (Å²) in [6, 6.07) is 0. The molecule has 19 heavy (non-hydrogen) atoms. The molecular formula is C12H18ClN5O. The molecule has 0 radical (unpaired) electrons. The predicted molar refractivity (Wildman–Crippen MR) is 75.0 cm³/mol. The van der Waals surface area contributed by atoms with Crippen molar-refractivity contribution in [3.63, 3.8) is 0 Å². The number of hydrogen-bond acceptors (Lipinski definition) is 5. The molecule has 0 bridgehead atoms. The number of hydrogen-bond donors (Lipinski definition) is 2. The molecule has 1 unspecified atom stereocenters. The van der Waals surface area contributed by atoms with Crippen LogP contribution in [0.25, 0.3) is 0 Å². The maximum atomic E-state index is 11.6. The predicted octanol–water partition coefficient (Wildman–Crippen LogP) is 1.30. The van der Waals surface area contributed by atoms with E-state index in [0.717, 1.165) is 13.1 Å². The average molecular weight is 284 g/mol.